The summed E-state index contributed by atoms with van der Waals surface area (Å²) in [5.74, 6) is 0.776. The molecule has 1 amide bonds. The molecule has 1 aliphatic rings. The Morgan fingerprint density at radius 3 is 1.88 bits per heavy atom. The van der Waals surface area contributed by atoms with E-state index < -0.39 is 11.7 Å². The van der Waals surface area contributed by atoms with E-state index >= 15 is 0 Å². The van der Waals surface area contributed by atoms with Gasteiger partial charge in [-0.25, -0.2) is 0 Å². The quantitative estimate of drug-likeness (QED) is 0.131. The van der Waals surface area contributed by atoms with E-state index in [0.29, 0.717) is 26.2 Å². The van der Waals surface area contributed by atoms with Crippen molar-refractivity contribution in [3.8, 4) is 5.75 Å². The first-order valence-electron chi connectivity index (χ1n) is 17.1. The Bertz CT molecular complexity index is 1920. The first-order valence-corrected chi connectivity index (χ1v) is 17.1. The summed E-state index contributed by atoms with van der Waals surface area (Å²) in [6.45, 7) is 1.30. The number of rotatable bonds is 11. The fraction of sp³-hybridized carbons (Fsp3) is 0.205. The van der Waals surface area contributed by atoms with Crippen LogP contribution in [0.15, 0.2) is 152 Å². The summed E-state index contributed by atoms with van der Waals surface area (Å²) in [4.78, 5) is 13.2. The second-order valence-corrected chi connectivity index (χ2v) is 12.7. The SMILES string of the molecule is COc1c(COC2CN(C(=O)[O-])CCC2c2ccc(COC(c3ccccc3)(c3ccccc3)c3ccccc3)cc2)ccc2ccccc12. The Morgan fingerprint density at radius 1 is 0.720 bits per heavy atom. The summed E-state index contributed by atoms with van der Waals surface area (Å²) < 4.78 is 19.4. The van der Waals surface area contributed by atoms with Crippen LogP contribution in [0.25, 0.3) is 10.8 Å². The third-order valence-corrected chi connectivity index (χ3v) is 9.84. The van der Waals surface area contributed by atoms with E-state index in [1.807, 2.05) is 42.5 Å². The molecule has 6 aromatic rings. The molecule has 6 heteroatoms. The van der Waals surface area contributed by atoms with Gasteiger partial charge < -0.3 is 29.0 Å². The molecule has 0 N–H and O–H groups in total. The summed E-state index contributed by atoms with van der Waals surface area (Å²) in [5, 5.41) is 14.0. The second kappa shape index (κ2) is 15.0. The predicted octanol–water partition coefficient (Wildman–Crippen LogP) is 8.08. The largest absolute Gasteiger partial charge is 0.530 e. The molecule has 7 rings (SSSR count). The number of hydrogen-bond acceptors (Lipinski definition) is 5. The van der Waals surface area contributed by atoms with Crippen molar-refractivity contribution in [1.82, 2.24) is 4.90 Å². The number of carboxylic acid groups (broad SMARTS) is 1. The van der Waals surface area contributed by atoms with E-state index in [1.54, 1.807) is 7.11 Å². The van der Waals surface area contributed by atoms with E-state index in [2.05, 4.69) is 109 Å². The van der Waals surface area contributed by atoms with Crippen molar-refractivity contribution >= 4 is 16.9 Å². The summed E-state index contributed by atoms with van der Waals surface area (Å²) >= 11 is 0. The van der Waals surface area contributed by atoms with Crippen LogP contribution in [0.3, 0.4) is 0 Å². The normalized spacial score (nSPS) is 16.3. The van der Waals surface area contributed by atoms with Crippen LogP contribution in [0, 0.1) is 0 Å². The molecule has 50 heavy (non-hydrogen) atoms. The number of benzene rings is 6. The number of piperidine rings is 1. The number of ether oxygens (including phenoxy) is 3. The topological polar surface area (TPSA) is 71.1 Å². The van der Waals surface area contributed by atoms with Gasteiger partial charge in [-0.3, -0.25) is 0 Å². The van der Waals surface area contributed by atoms with Crippen LogP contribution in [-0.2, 0) is 28.3 Å². The first kappa shape index (κ1) is 33.1. The van der Waals surface area contributed by atoms with Gasteiger partial charge in [-0.2, -0.15) is 0 Å². The van der Waals surface area contributed by atoms with Gasteiger partial charge >= 0.3 is 0 Å². The van der Waals surface area contributed by atoms with Crippen LogP contribution in [0.5, 0.6) is 5.75 Å². The molecule has 2 unspecified atom stereocenters. The second-order valence-electron chi connectivity index (χ2n) is 12.7. The molecule has 1 heterocycles. The highest BCUT2D eigenvalue weighted by Gasteiger charge is 2.38. The summed E-state index contributed by atoms with van der Waals surface area (Å²) in [6, 6.07) is 51.7. The summed E-state index contributed by atoms with van der Waals surface area (Å²) in [7, 11) is 1.67. The molecular weight excluding hydrogens is 622 g/mol. The van der Waals surface area contributed by atoms with E-state index in [9.17, 15) is 9.90 Å². The number of hydrogen-bond donors (Lipinski definition) is 0. The van der Waals surface area contributed by atoms with Gasteiger partial charge in [0.15, 0.2) is 0 Å². The maximum absolute atomic E-state index is 11.9. The zero-order valence-electron chi connectivity index (χ0n) is 28.1. The Balaban J connectivity index is 1.14. The fourth-order valence-electron chi connectivity index (χ4n) is 7.29. The Morgan fingerprint density at radius 2 is 1.30 bits per heavy atom. The molecule has 1 aliphatic heterocycles. The Kier molecular flexibility index (Phi) is 9.92. The highest BCUT2D eigenvalue weighted by atomic mass is 16.5. The number of amides is 1. The molecule has 0 saturated carbocycles. The van der Waals surface area contributed by atoms with Crippen LogP contribution in [0.4, 0.5) is 4.79 Å². The van der Waals surface area contributed by atoms with E-state index in [-0.39, 0.29) is 18.6 Å². The highest BCUT2D eigenvalue weighted by molar-refractivity contribution is 5.89. The number of fused-ring (bicyclic) bond motifs is 1. The lowest BCUT2D eigenvalue weighted by molar-refractivity contribution is -0.268. The number of carbonyl (C=O) groups excluding carboxylic acids is 1. The molecule has 252 valence electrons. The minimum absolute atomic E-state index is 0.00377. The molecule has 6 nitrogen and oxygen atoms in total. The van der Waals surface area contributed by atoms with Crippen molar-refractivity contribution in [2.45, 2.75) is 37.3 Å². The van der Waals surface area contributed by atoms with Crippen molar-refractivity contribution in [3.05, 3.63) is 185 Å². The number of nitrogens with zero attached hydrogens (tertiary/aromatic N) is 1. The zero-order valence-corrected chi connectivity index (χ0v) is 28.1. The average Bonchev–Trinajstić information content (AvgIpc) is 3.18. The monoisotopic (exact) mass is 662 g/mol. The van der Waals surface area contributed by atoms with Crippen LogP contribution in [0.1, 0.15) is 45.7 Å². The average molecular weight is 663 g/mol. The molecule has 0 aliphatic carbocycles. The van der Waals surface area contributed by atoms with Crippen LogP contribution in [-0.4, -0.2) is 37.3 Å². The molecular formula is C44H40NO5-. The van der Waals surface area contributed by atoms with Crippen molar-refractivity contribution in [2.75, 3.05) is 20.2 Å². The van der Waals surface area contributed by atoms with E-state index in [1.165, 1.54) is 4.90 Å². The molecule has 0 aromatic heterocycles. The van der Waals surface area contributed by atoms with Gasteiger partial charge in [-0.05, 0) is 39.6 Å². The Hall–Kier alpha value is -5.43. The van der Waals surface area contributed by atoms with Gasteiger partial charge in [0.05, 0.1) is 26.4 Å². The maximum atomic E-state index is 11.9. The lowest BCUT2D eigenvalue weighted by Gasteiger charge is -2.40. The standard InChI is InChI=1S/C44H41NO5/c1-48-42-35(26-25-33-13-11-12-20-40(33)42)31-49-41-29-45(43(46)47)28-27-39(41)34-23-21-32(22-24-34)30-50-44(36-14-5-2-6-15-36,37-16-7-3-8-17-37)38-18-9-4-10-19-38/h2-26,39,41H,27-31H2,1H3,(H,46,47)/p-1. The summed E-state index contributed by atoms with van der Waals surface area (Å²) in [5.41, 5.74) is 5.39. The van der Waals surface area contributed by atoms with Gasteiger partial charge in [0, 0.05) is 30.0 Å². The predicted molar refractivity (Wildman–Crippen MR) is 194 cm³/mol. The summed E-state index contributed by atoms with van der Waals surface area (Å²) in [6.07, 6.45) is -0.906. The van der Waals surface area contributed by atoms with Crippen molar-refractivity contribution < 1.29 is 24.1 Å². The third-order valence-electron chi connectivity index (χ3n) is 9.84. The zero-order chi connectivity index (χ0) is 34.3. The van der Waals surface area contributed by atoms with Gasteiger partial charge in [0.2, 0.25) is 0 Å². The lowest BCUT2D eigenvalue weighted by atomic mass is 9.80. The number of carbonyl (C=O) groups is 1. The first-order chi connectivity index (χ1) is 24.6. The van der Waals surface area contributed by atoms with Gasteiger partial charge in [0.25, 0.3) is 0 Å². The number of methoxy groups -OCH3 is 1. The molecule has 2 atom stereocenters. The van der Waals surface area contributed by atoms with Gasteiger partial charge in [-0.15, -0.1) is 0 Å². The van der Waals surface area contributed by atoms with Gasteiger partial charge in [-0.1, -0.05) is 152 Å². The van der Waals surface area contributed by atoms with Crippen molar-refractivity contribution in [3.63, 3.8) is 0 Å². The smallest absolute Gasteiger partial charge is 0.144 e. The maximum Gasteiger partial charge on any atom is 0.144 e. The van der Waals surface area contributed by atoms with Crippen molar-refractivity contribution in [1.29, 1.82) is 0 Å². The molecule has 1 saturated heterocycles. The lowest BCUT2D eigenvalue weighted by Crippen LogP contribution is -2.51. The Labute approximate surface area is 293 Å². The highest BCUT2D eigenvalue weighted by Crippen LogP contribution is 2.41. The van der Waals surface area contributed by atoms with Gasteiger partial charge in [0.1, 0.15) is 17.4 Å². The number of likely N-dealkylation sites (tertiary alicyclic amines) is 1. The van der Waals surface area contributed by atoms with E-state index in [4.69, 9.17) is 14.2 Å². The third kappa shape index (κ3) is 6.73. The van der Waals surface area contributed by atoms with Crippen LogP contribution < -0.4 is 9.84 Å². The van der Waals surface area contributed by atoms with Crippen molar-refractivity contribution in [2.24, 2.45) is 0 Å². The molecule has 1 fully saturated rings. The minimum atomic E-state index is -1.17. The van der Waals surface area contributed by atoms with Crippen LogP contribution in [0.2, 0.25) is 0 Å². The molecule has 0 radical (unpaired) electrons. The van der Waals surface area contributed by atoms with E-state index in [0.717, 1.165) is 49.9 Å². The van der Waals surface area contributed by atoms with Crippen LogP contribution >= 0.6 is 0 Å². The molecule has 0 spiro atoms. The fourth-order valence-corrected chi connectivity index (χ4v) is 7.29. The molecule has 6 aromatic carbocycles. The minimum Gasteiger partial charge on any atom is -0.530 e. The molecule has 0 bridgehead atoms.